The zero-order chi connectivity index (χ0) is 32.3. The largest absolute Gasteiger partial charge is 0.495 e. The highest BCUT2D eigenvalue weighted by Gasteiger charge is 2.21. The molecule has 0 aliphatic rings. The second-order valence-corrected chi connectivity index (χ2v) is 11.7. The van der Waals surface area contributed by atoms with Gasteiger partial charge in [0, 0.05) is 27.2 Å². The maximum Gasteiger partial charge on any atom is 0.272 e. The molecular formula is C34H31Cl2N3O5S. The quantitative estimate of drug-likeness (QED) is 0.105. The van der Waals surface area contributed by atoms with Crippen molar-refractivity contribution in [3.63, 3.8) is 0 Å². The first-order chi connectivity index (χ1) is 21.7. The smallest absolute Gasteiger partial charge is 0.272 e. The molecule has 1 atom stereocenters. The normalized spacial score (nSPS) is 11.7. The predicted molar refractivity (Wildman–Crippen MR) is 182 cm³/mol. The summed E-state index contributed by atoms with van der Waals surface area (Å²) in [6, 6.07) is 25.9. The van der Waals surface area contributed by atoms with Crippen molar-refractivity contribution >= 4 is 70.1 Å². The summed E-state index contributed by atoms with van der Waals surface area (Å²) in [6.07, 6.45) is 2.05. The van der Waals surface area contributed by atoms with Gasteiger partial charge < -0.3 is 25.4 Å². The lowest BCUT2D eigenvalue weighted by Crippen LogP contribution is -2.30. The van der Waals surface area contributed by atoms with Crippen molar-refractivity contribution < 1.29 is 23.9 Å². The van der Waals surface area contributed by atoms with Crippen molar-refractivity contribution in [1.82, 2.24) is 5.32 Å². The molecule has 11 heteroatoms. The number of amides is 3. The van der Waals surface area contributed by atoms with Crippen LogP contribution in [0.25, 0.3) is 6.08 Å². The number of carbonyl (C=O) groups excluding carboxylic acids is 3. The highest BCUT2D eigenvalue weighted by atomic mass is 35.5. The molecule has 1 unspecified atom stereocenters. The van der Waals surface area contributed by atoms with Crippen molar-refractivity contribution in [1.29, 1.82) is 0 Å². The number of ether oxygens (including phenoxy) is 2. The predicted octanol–water partition coefficient (Wildman–Crippen LogP) is 7.93. The van der Waals surface area contributed by atoms with E-state index < -0.39 is 17.1 Å². The third-order valence-corrected chi connectivity index (χ3v) is 8.50. The van der Waals surface area contributed by atoms with Crippen molar-refractivity contribution in [2.24, 2.45) is 0 Å². The summed E-state index contributed by atoms with van der Waals surface area (Å²) in [7, 11) is 2.99. The molecule has 45 heavy (non-hydrogen) atoms. The molecule has 0 fully saturated rings. The van der Waals surface area contributed by atoms with E-state index in [9.17, 15) is 14.4 Å². The van der Waals surface area contributed by atoms with Gasteiger partial charge in [-0.15, -0.1) is 11.8 Å². The maximum absolute atomic E-state index is 13.5. The fourth-order valence-corrected chi connectivity index (χ4v) is 5.64. The molecule has 0 heterocycles. The summed E-state index contributed by atoms with van der Waals surface area (Å²) in [5.41, 5.74) is 1.86. The number of hydrogen-bond donors (Lipinski definition) is 3. The topological polar surface area (TPSA) is 106 Å². The number of anilines is 2. The van der Waals surface area contributed by atoms with Gasteiger partial charge >= 0.3 is 0 Å². The Morgan fingerprint density at radius 1 is 0.822 bits per heavy atom. The average Bonchev–Trinajstić information content (AvgIpc) is 3.04. The first-order valence-corrected chi connectivity index (χ1v) is 15.5. The highest BCUT2D eigenvalue weighted by Crippen LogP contribution is 2.37. The number of nitrogens with one attached hydrogen (secondary N) is 3. The van der Waals surface area contributed by atoms with Crippen LogP contribution in [0.3, 0.4) is 0 Å². The number of thioether (sulfide) groups is 1. The molecule has 0 saturated carbocycles. The van der Waals surface area contributed by atoms with Gasteiger partial charge in [-0.3, -0.25) is 14.4 Å². The second-order valence-electron chi connectivity index (χ2n) is 9.57. The lowest BCUT2D eigenvalue weighted by Gasteiger charge is -2.18. The van der Waals surface area contributed by atoms with Crippen LogP contribution in [0.15, 0.2) is 102 Å². The number of rotatable bonds is 12. The molecule has 3 amide bonds. The molecule has 4 aromatic carbocycles. The third-order valence-electron chi connectivity index (χ3n) is 6.50. The Morgan fingerprint density at radius 2 is 1.53 bits per heavy atom. The Kier molecular flexibility index (Phi) is 11.9. The van der Waals surface area contributed by atoms with Gasteiger partial charge in [-0.2, -0.15) is 0 Å². The molecule has 0 aliphatic heterocycles. The summed E-state index contributed by atoms with van der Waals surface area (Å²) in [5, 5.41) is 8.74. The average molecular weight is 665 g/mol. The van der Waals surface area contributed by atoms with Crippen LogP contribution in [0.4, 0.5) is 11.4 Å². The number of hydrogen-bond acceptors (Lipinski definition) is 6. The van der Waals surface area contributed by atoms with Crippen LogP contribution in [-0.2, 0) is 9.59 Å². The first-order valence-electron chi connectivity index (χ1n) is 13.9. The SMILES string of the molecule is CCC(Sc1cccc(NC(=O)/C(=C\c2ccccc2Cl)NC(=O)c2ccccc2)c1)C(=O)Nc1cc(Cl)c(OC)cc1OC. The molecule has 3 N–H and O–H groups in total. The second kappa shape index (κ2) is 16.0. The molecular weight excluding hydrogens is 633 g/mol. The van der Waals surface area contributed by atoms with Gasteiger partial charge in [-0.05, 0) is 60.5 Å². The van der Waals surface area contributed by atoms with Crippen molar-refractivity contribution in [2.45, 2.75) is 23.5 Å². The summed E-state index contributed by atoms with van der Waals surface area (Å²) in [5.74, 6) is -0.398. The standard InChI is InChI=1S/C34H31Cl2N3O5S/c1-4-31(34(42)38-27-19-26(36)29(43-2)20-30(27)44-3)45-24-15-10-14-23(18-24)37-33(41)28(17-22-13-8-9-16-25(22)35)39-32(40)21-11-6-5-7-12-21/h5-20,31H,4H2,1-3H3,(H,37,41)(H,38,42)(H,39,40)/b28-17+. The van der Waals surface area contributed by atoms with E-state index in [1.165, 1.54) is 32.1 Å². The molecule has 0 aliphatic carbocycles. The fourth-order valence-electron chi connectivity index (χ4n) is 4.19. The van der Waals surface area contributed by atoms with Crippen LogP contribution < -0.4 is 25.4 Å². The van der Waals surface area contributed by atoms with E-state index in [4.69, 9.17) is 32.7 Å². The summed E-state index contributed by atoms with van der Waals surface area (Å²) in [6.45, 7) is 1.91. The number of halogens is 2. The zero-order valence-corrected chi connectivity index (χ0v) is 27.1. The van der Waals surface area contributed by atoms with E-state index in [1.807, 2.05) is 13.0 Å². The molecule has 232 valence electrons. The molecule has 4 aromatic rings. The molecule has 0 radical (unpaired) electrons. The number of benzene rings is 4. The van der Waals surface area contributed by atoms with E-state index in [1.54, 1.807) is 84.9 Å². The van der Waals surface area contributed by atoms with E-state index in [-0.39, 0.29) is 11.6 Å². The van der Waals surface area contributed by atoms with E-state index >= 15 is 0 Å². The monoisotopic (exact) mass is 663 g/mol. The van der Waals surface area contributed by atoms with Crippen LogP contribution in [-0.4, -0.2) is 37.2 Å². The molecule has 0 spiro atoms. The van der Waals surface area contributed by atoms with Crippen molar-refractivity contribution in [3.8, 4) is 11.5 Å². The van der Waals surface area contributed by atoms with Gasteiger partial charge in [0.2, 0.25) is 5.91 Å². The molecule has 0 aromatic heterocycles. The van der Waals surface area contributed by atoms with Crippen LogP contribution in [0, 0.1) is 0 Å². The van der Waals surface area contributed by atoms with Gasteiger partial charge in [-0.25, -0.2) is 0 Å². The minimum absolute atomic E-state index is 0.00733. The Labute approximate surface area is 276 Å². The Morgan fingerprint density at radius 3 is 2.22 bits per heavy atom. The minimum atomic E-state index is -0.547. The maximum atomic E-state index is 13.5. The number of methoxy groups -OCH3 is 2. The molecule has 0 bridgehead atoms. The van der Waals surface area contributed by atoms with Gasteiger partial charge in [0.05, 0.1) is 30.2 Å². The van der Waals surface area contributed by atoms with Crippen molar-refractivity contribution in [2.75, 3.05) is 24.9 Å². The van der Waals surface area contributed by atoms with Crippen LogP contribution in [0.1, 0.15) is 29.3 Å². The van der Waals surface area contributed by atoms with Gasteiger partial charge in [0.15, 0.2) is 0 Å². The van der Waals surface area contributed by atoms with Gasteiger partial charge in [0.25, 0.3) is 11.8 Å². The molecule has 0 saturated heterocycles. The van der Waals surface area contributed by atoms with Crippen LogP contribution in [0.5, 0.6) is 11.5 Å². The fraction of sp³-hybridized carbons (Fsp3) is 0.147. The summed E-state index contributed by atoms with van der Waals surface area (Å²) < 4.78 is 10.6. The van der Waals surface area contributed by atoms with Crippen molar-refractivity contribution in [3.05, 3.63) is 118 Å². The Hall–Kier alpha value is -4.44. The summed E-state index contributed by atoms with van der Waals surface area (Å²) >= 11 is 14.0. The third kappa shape index (κ3) is 9.04. The van der Waals surface area contributed by atoms with Crippen LogP contribution >= 0.6 is 35.0 Å². The zero-order valence-electron chi connectivity index (χ0n) is 24.7. The highest BCUT2D eigenvalue weighted by molar-refractivity contribution is 8.00. The number of carbonyl (C=O) groups is 3. The minimum Gasteiger partial charge on any atom is -0.495 e. The van der Waals surface area contributed by atoms with Crippen LogP contribution in [0.2, 0.25) is 10.0 Å². The molecule has 8 nitrogen and oxygen atoms in total. The summed E-state index contributed by atoms with van der Waals surface area (Å²) in [4.78, 5) is 40.5. The van der Waals surface area contributed by atoms with E-state index in [2.05, 4.69) is 16.0 Å². The lowest BCUT2D eigenvalue weighted by molar-refractivity contribution is -0.116. The van der Waals surface area contributed by atoms with E-state index in [0.717, 1.165) is 4.90 Å². The lowest BCUT2D eigenvalue weighted by atomic mass is 10.1. The first kappa shape index (κ1) is 33.5. The Bertz CT molecular complexity index is 1720. The van der Waals surface area contributed by atoms with E-state index in [0.29, 0.717) is 50.5 Å². The Balaban J connectivity index is 1.51. The van der Waals surface area contributed by atoms with Gasteiger partial charge in [-0.1, -0.05) is 72.6 Å². The van der Waals surface area contributed by atoms with Gasteiger partial charge in [0.1, 0.15) is 17.2 Å². The molecule has 4 rings (SSSR count).